The molecule has 162 valence electrons. The van der Waals surface area contributed by atoms with Gasteiger partial charge in [0.25, 0.3) is 11.8 Å². The van der Waals surface area contributed by atoms with E-state index in [1.807, 2.05) is 38.1 Å². The maximum Gasteiger partial charge on any atom is 0.273 e. The molecule has 0 unspecified atom stereocenters. The fraction of sp³-hybridized carbons (Fsp3) is 0.261. The Labute approximate surface area is 186 Å². The number of anilines is 1. The van der Waals surface area contributed by atoms with Gasteiger partial charge in [0.05, 0.1) is 11.9 Å². The third-order valence-electron chi connectivity index (χ3n) is 4.75. The van der Waals surface area contributed by atoms with Crippen molar-refractivity contribution in [2.45, 2.75) is 27.0 Å². The molecule has 7 nitrogen and oxygen atoms in total. The predicted molar refractivity (Wildman–Crippen MR) is 121 cm³/mol. The lowest BCUT2D eigenvalue weighted by Gasteiger charge is -2.13. The Bertz CT molecular complexity index is 1090. The van der Waals surface area contributed by atoms with Crippen LogP contribution in [0, 0.1) is 6.92 Å². The first-order valence-corrected chi connectivity index (χ1v) is 10.2. The number of halogens is 1. The number of carbonyl (C=O) groups is 2. The summed E-state index contributed by atoms with van der Waals surface area (Å²) >= 11 is 6.04. The smallest absolute Gasteiger partial charge is 0.273 e. The highest BCUT2D eigenvalue weighted by molar-refractivity contribution is 6.31. The lowest BCUT2D eigenvalue weighted by atomic mass is 10.1. The zero-order chi connectivity index (χ0) is 22.5. The van der Waals surface area contributed by atoms with Crippen LogP contribution in [0.1, 0.15) is 38.9 Å². The van der Waals surface area contributed by atoms with Gasteiger partial charge in [-0.05, 0) is 55.3 Å². The van der Waals surface area contributed by atoms with E-state index in [1.165, 1.54) is 11.1 Å². The molecule has 2 amide bonds. The number of nitrogens with zero attached hydrogens (tertiary/aromatic N) is 3. The van der Waals surface area contributed by atoms with Gasteiger partial charge in [-0.3, -0.25) is 14.3 Å². The molecule has 0 aliphatic rings. The molecule has 0 saturated carbocycles. The lowest BCUT2D eigenvalue weighted by Crippen LogP contribution is -2.26. The van der Waals surface area contributed by atoms with Crippen molar-refractivity contribution in [3.8, 4) is 5.75 Å². The molecular formula is C23H25ClN4O3. The van der Waals surface area contributed by atoms with E-state index in [1.54, 1.807) is 37.0 Å². The van der Waals surface area contributed by atoms with Crippen LogP contribution < -0.4 is 10.1 Å². The molecule has 1 aromatic heterocycles. The van der Waals surface area contributed by atoms with Gasteiger partial charge in [-0.1, -0.05) is 23.7 Å². The van der Waals surface area contributed by atoms with Crippen molar-refractivity contribution in [2.24, 2.45) is 0 Å². The van der Waals surface area contributed by atoms with Crippen molar-refractivity contribution < 1.29 is 14.3 Å². The molecule has 0 saturated heterocycles. The highest BCUT2D eigenvalue weighted by Gasteiger charge is 2.21. The fourth-order valence-corrected chi connectivity index (χ4v) is 3.09. The maximum atomic E-state index is 12.7. The third kappa shape index (κ3) is 5.24. The molecule has 3 aromatic rings. The molecule has 0 spiro atoms. The molecule has 1 heterocycles. The zero-order valence-corrected chi connectivity index (χ0v) is 18.7. The normalized spacial score (nSPS) is 10.6. The van der Waals surface area contributed by atoms with E-state index in [2.05, 4.69) is 10.4 Å². The van der Waals surface area contributed by atoms with Gasteiger partial charge >= 0.3 is 0 Å². The van der Waals surface area contributed by atoms with E-state index >= 15 is 0 Å². The van der Waals surface area contributed by atoms with Crippen molar-refractivity contribution in [3.05, 3.63) is 76.1 Å². The second-order valence-corrected chi connectivity index (χ2v) is 7.68. The quantitative estimate of drug-likeness (QED) is 0.590. The number of aryl methyl sites for hydroxylation is 2. The van der Waals surface area contributed by atoms with Crippen LogP contribution in [-0.2, 0) is 13.2 Å². The summed E-state index contributed by atoms with van der Waals surface area (Å²) in [7, 11) is 3.32. The summed E-state index contributed by atoms with van der Waals surface area (Å²) in [5.41, 5.74) is 3.08. The Morgan fingerprint density at radius 1 is 1.16 bits per heavy atom. The van der Waals surface area contributed by atoms with Crippen molar-refractivity contribution in [3.63, 3.8) is 0 Å². The highest BCUT2D eigenvalue weighted by Crippen LogP contribution is 2.22. The predicted octanol–water partition coefficient (Wildman–Crippen LogP) is 4.40. The first-order valence-electron chi connectivity index (χ1n) is 9.86. The number of amides is 2. The summed E-state index contributed by atoms with van der Waals surface area (Å²) in [4.78, 5) is 26.6. The molecule has 8 heteroatoms. The van der Waals surface area contributed by atoms with Gasteiger partial charge in [-0.15, -0.1) is 0 Å². The Hall–Kier alpha value is -3.32. The van der Waals surface area contributed by atoms with Crippen LogP contribution in [0.25, 0.3) is 0 Å². The highest BCUT2D eigenvalue weighted by atomic mass is 35.5. The molecule has 0 radical (unpaired) electrons. The maximum absolute atomic E-state index is 12.7. The first kappa shape index (κ1) is 22.4. The van der Waals surface area contributed by atoms with Gasteiger partial charge in [0.2, 0.25) is 0 Å². The van der Waals surface area contributed by atoms with E-state index in [0.29, 0.717) is 35.1 Å². The number of rotatable bonds is 7. The molecule has 0 aliphatic heterocycles. The molecular weight excluding hydrogens is 416 g/mol. The number of ether oxygens (including phenoxy) is 1. The minimum Gasteiger partial charge on any atom is -0.489 e. The van der Waals surface area contributed by atoms with Gasteiger partial charge in [-0.2, -0.15) is 5.10 Å². The summed E-state index contributed by atoms with van der Waals surface area (Å²) in [6, 6.07) is 12.6. The number of benzene rings is 2. The number of carbonyl (C=O) groups excluding carboxylic acids is 2. The third-order valence-corrected chi connectivity index (χ3v) is 5.17. The molecule has 0 atom stereocenters. The zero-order valence-electron chi connectivity index (χ0n) is 18.0. The average Bonchev–Trinajstić information content (AvgIpc) is 3.16. The minimum atomic E-state index is -0.316. The number of nitrogens with one attached hydrogen (secondary N) is 1. The molecule has 31 heavy (non-hydrogen) atoms. The van der Waals surface area contributed by atoms with Crippen LogP contribution in [0.4, 0.5) is 5.69 Å². The fourth-order valence-electron chi connectivity index (χ4n) is 2.97. The van der Waals surface area contributed by atoms with Crippen LogP contribution >= 0.6 is 11.6 Å². The summed E-state index contributed by atoms with van der Waals surface area (Å²) in [5.74, 6) is 0.193. The Morgan fingerprint density at radius 3 is 2.48 bits per heavy atom. The second kappa shape index (κ2) is 9.66. The lowest BCUT2D eigenvalue weighted by molar-refractivity contribution is 0.0816. The van der Waals surface area contributed by atoms with E-state index in [4.69, 9.17) is 16.3 Å². The molecule has 0 fully saturated rings. The Morgan fingerprint density at radius 2 is 1.87 bits per heavy atom. The average molecular weight is 441 g/mol. The van der Waals surface area contributed by atoms with Crippen molar-refractivity contribution in [1.82, 2.24) is 14.7 Å². The van der Waals surface area contributed by atoms with E-state index < -0.39 is 0 Å². The number of hydrogen-bond acceptors (Lipinski definition) is 4. The summed E-state index contributed by atoms with van der Waals surface area (Å²) in [6.45, 7) is 4.70. The van der Waals surface area contributed by atoms with Gasteiger partial charge in [0, 0.05) is 31.2 Å². The molecule has 3 rings (SSSR count). The summed E-state index contributed by atoms with van der Waals surface area (Å²) in [6.07, 6.45) is 1.49. The van der Waals surface area contributed by atoms with E-state index in [0.717, 1.165) is 16.9 Å². The van der Waals surface area contributed by atoms with Crippen LogP contribution in [0.5, 0.6) is 5.75 Å². The van der Waals surface area contributed by atoms with Crippen molar-refractivity contribution in [2.75, 3.05) is 19.4 Å². The number of hydrogen-bond donors (Lipinski definition) is 1. The SMILES string of the molecule is CCn1ncc(NC(=O)c2ccc(COc3ccc(Cl)c(C)c3)cc2)c1C(=O)N(C)C. The second-order valence-electron chi connectivity index (χ2n) is 7.27. The van der Waals surface area contributed by atoms with Gasteiger partial charge in [-0.25, -0.2) is 0 Å². The van der Waals surface area contributed by atoms with Crippen LogP contribution in [0.15, 0.2) is 48.7 Å². The Balaban J connectivity index is 1.67. The molecule has 2 aromatic carbocycles. The molecule has 1 N–H and O–H groups in total. The monoisotopic (exact) mass is 440 g/mol. The standard InChI is InChI=1S/C23H25ClN4O3/c1-5-28-21(23(30)27(3)4)20(13-25-28)26-22(29)17-8-6-16(7-9-17)14-31-18-10-11-19(24)15(2)12-18/h6-13H,5,14H2,1-4H3,(H,26,29). The molecule has 0 bridgehead atoms. The Kier molecular flexibility index (Phi) is 6.97. The van der Waals surface area contributed by atoms with Crippen LogP contribution in [-0.4, -0.2) is 40.6 Å². The van der Waals surface area contributed by atoms with Crippen LogP contribution in [0.3, 0.4) is 0 Å². The van der Waals surface area contributed by atoms with Crippen molar-refractivity contribution in [1.29, 1.82) is 0 Å². The first-order chi connectivity index (χ1) is 14.8. The summed E-state index contributed by atoms with van der Waals surface area (Å²) < 4.78 is 7.36. The van der Waals surface area contributed by atoms with E-state index in [9.17, 15) is 9.59 Å². The minimum absolute atomic E-state index is 0.223. The van der Waals surface area contributed by atoms with E-state index in [-0.39, 0.29) is 11.8 Å². The summed E-state index contributed by atoms with van der Waals surface area (Å²) in [5, 5.41) is 7.68. The van der Waals surface area contributed by atoms with Crippen LogP contribution in [0.2, 0.25) is 5.02 Å². The topological polar surface area (TPSA) is 76.5 Å². The van der Waals surface area contributed by atoms with Gasteiger partial charge in [0.1, 0.15) is 18.1 Å². The number of aromatic nitrogens is 2. The molecule has 0 aliphatic carbocycles. The van der Waals surface area contributed by atoms with Gasteiger partial charge < -0.3 is 15.0 Å². The van der Waals surface area contributed by atoms with Gasteiger partial charge in [0.15, 0.2) is 0 Å². The van der Waals surface area contributed by atoms with Crippen molar-refractivity contribution >= 4 is 29.1 Å². The largest absolute Gasteiger partial charge is 0.489 e.